The molecule has 0 radical (unpaired) electrons. The van der Waals surface area contributed by atoms with Crippen molar-refractivity contribution in [1.29, 1.82) is 0 Å². The highest BCUT2D eigenvalue weighted by Crippen LogP contribution is 2.26. The third kappa shape index (κ3) is 5.04. The number of aromatic nitrogens is 2. The van der Waals surface area contributed by atoms with Crippen LogP contribution in [0.2, 0.25) is 0 Å². The molecule has 0 aliphatic carbocycles. The molecular formula is C27H24FN3O3S2. The van der Waals surface area contributed by atoms with Crippen LogP contribution in [-0.2, 0) is 23.0 Å². The lowest BCUT2D eigenvalue weighted by atomic mass is 10.2. The quantitative estimate of drug-likeness (QED) is 0.252. The average molecular weight is 522 g/mol. The number of nitrogens with zero attached hydrogens (tertiary/aromatic N) is 3. The highest BCUT2D eigenvalue weighted by molar-refractivity contribution is 7.89. The van der Waals surface area contributed by atoms with Crippen LogP contribution in [0.25, 0.3) is 16.2 Å². The zero-order valence-corrected chi connectivity index (χ0v) is 21.2. The van der Waals surface area contributed by atoms with Gasteiger partial charge in [-0.15, -0.1) is 11.3 Å². The van der Waals surface area contributed by atoms with Crippen molar-refractivity contribution in [3.8, 4) is 17.0 Å². The normalized spacial score (nSPS) is 11.9. The first-order chi connectivity index (χ1) is 17.4. The molecule has 5 rings (SSSR count). The first-order valence-corrected chi connectivity index (χ1v) is 13.7. The van der Waals surface area contributed by atoms with Crippen molar-refractivity contribution in [3.05, 3.63) is 108 Å². The van der Waals surface area contributed by atoms with Crippen molar-refractivity contribution in [1.82, 2.24) is 13.7 Å². The molecule has 0 N–H and O–H groups in total. The van der Waals surface area contributed by atoms with E-state index in [0.29, 0.717) is 18.7 Å². The van der Waals surface area contributed by atoms with Crippen molar-refractivity contribution in [3.63, 3.8) is 0 Å². The molecule has 6 nitrogen and oxygen atoms in total. The van der Waals surface area contributed by atoms with Gasteiger partial charge in [-0.05, 0) is 54.1 Å². The van der Waals surface area contributed by atoms with Crippen molar-refractivity contribution in [2.75, 3.05) is 13.7 Å². The number of sulfonamides is 1. The summed E-state index contributed by atoms with van der Waals surface area (Å²) in [6.07, 6.45) is 2.41. The van der Waals surface area contributed by atoms with Gasteiger partial charge in [-0.3, -0.25) is 4.40 Å². The molecule has 0 saturated carbocycles. The molecule has 0 saturated heterocycles. The lowest BCUT2D eigenvalue weighted by Gasteiger charge is -2.22. The third-order valence-corrected chi connectivity index (χ3v) is 8.69. The largest absolute Gasteiger partial charge is 0.497 e. The molecule has 0 bridgehead atoms. The van der Waals surface area contributed by atoms with E-state index in [-0.39, 0.29) is 17.3 Å². The van der Waals surface area contributed by atoms with Crippen LogP contribution < -0.4 is 4.74 Å². The first-order valence-electron chi connectivity index (χ1n) is 11.3. The number of halogens is 1. The Hall–Kier alpha value is -3.53. The minimum atomic E-state index is -3.75. The standard InChI is InChI=1S/C27H24FN3O3S2/c1-34-24-11-13-25(14-12-24)36(32,33)30(17-20-5-3-2-4-6-20)16-15-23-19-35-27-29-26(18-31(23)27)21-7-9-22(28)10-8-21/h2-14,18-19H,15-17H2,1H3. The summed E-state index contributed by atoms with van der Waals surface area (Å²) in [4.78, 5) is 5.68. The second kappa shape index (κ2) is 10.2. The molecule has 0 unspecified atom stereocenters. The highest BCUT2D eigenvalue weighted by atomic mass is 32.2. The van der Waals surface area contributed by atoms with Gasteiger partial charge in [0.25, 0.3) is 0 Å². The van der Waals surface area contributed by atoms with Gasteiger partial charge in [0.15, 0.2) is 4.96 Å². The SMILES string of the molecule is COc1ccc(S(=O)(=O)N(CCc2csc3nc(-c4ccc(F)cc4)cn23)Cc2ccccc2)cc1. The molecule has 0 fully saturated rings. The number of ether oxygens (including phenoxy) is 1. The van der Waals surface area contributed by atoms with E-state index in [9.17, 15) is 12.8 Å². The van der Waals surface area contributed by atoms with Crippen LogP contribution in [0.15, 0.2) is 95.3 Å². The molecule has 0 spiro atoms. The molecule has 0 amide bonds. The van der Waals surface area contributed by atoms with Crippen molar-refractivity contribution in [2.24, 2.45) is 0 Å². The van der Waals surface area contributed by atoms with Crippen molar-refractivity contribution < 1.29 is 17.5 Å². The van der Waals surface area contributed by atoms with Gasteiger partial charge >= 0.3 is 0 Å². The number of thiazole rings is 1. The molecule has 0 aliphatic heterocycles. The first kappa shape index (κ1) is 24.2. The molecule has 2 aromatic heterocycles. The Morgan fingerprint density at radius 3 is 2.42 bits per heavy atom. The summed E-state index contributed by atoms with van der Waals surface area (Å²) in [6, 6.07) is 22.2. The number of benzene rings is 3. The number of rotatable bonds is 9. The summed E-state index contributed by atoms with van der Waals surface area (Å²) in [5.74, 6) is 0.304. The number of imidazole rings is 1. The summed E-state index contributed by atoms with van der Waals surface area (Å²) >= 11 is 1.49. The average Bonchev–Trinajstić information content (AvgIpc) is 3.49. The lowest BCUT2D eigenvalue weighted by molar-refractivity contribution is 0.406. The Labute approximate surface area is 213 Å². The summed E-state index contributed by atoms with van der Waals surface area (Å²) in [5.41, 5.74) is 3.44. The van der Waals surface area contributed by atoms with E-state index in [1.54, 1.807) is 43.5 Å². The van der Waals surface area contributed by atoms with Gasteiger partial charge in [-0.2, -0.15) is 4.31 Å². The van der Waals surface area contributed by atoms with Crippen molar-refractivity contribution >= 4 is 26.3 Å². The van der Waals surface area contributed by atoms with Crippen LogP contribution in [0.1, 0.15) is 11.3 Å². The molecule has 0 atom stereocenters. The van der Waals surface area contributed by atoms with Crippen LogP contribution in [0, 0.1) is 5.82 Å². The molecule has 184 valence electrons. The summed E-state index contributed by atoms with van der Waals surface area (Å²) in [6.45, 7) is 0.548. The van der Waals surface area contributed by atoms with Crippen molar-refractivity contribution in [2.45, 2.75) is 17.9 Å². The zero-order chi connectivity index (χ0) is 25.1. The van der Waals surface area contributed by atoms with E-state index in [4.69, 9.17) is 4.74 Å². The van der Waals surface area contributed by atoms with E-state index in [1.807, 2.05) is 46.3 Å². The smallest absolute Gasteiger partial charge is 0.243 e. The zero-order valence-electron chi connectivity index (χ0n) is 19.5. The Morgan fingerprint density at radius 1 is 1.00 bits per heavy atom. The number of hydrogen-bond acceptors (Lipinski definition) is 5. The fourth-order valence-electron chi connectivity index (χ4n) is 3.98. The fraction of sp³-hybridized carbons (Fsp3) is 0.148. The second-order valence-corrected chi connectivity index (χ2v) is 11.0. The van der Waals surface area contributed by atoms with Gasteiger partial charge in [0, 0.05) is 42.3 Å². The molecule has 9 heteroatoms. The Morgan fingerprint density at radius 2 is 1.72 bits per heavy atom. The van der Waals surface area contributed by atoms with Gasteiger partial charge in [-0.25, -0.2) is 17.8 Å². The molecule has 36 heavy (non-hydrogen) atoms. The van der Waals surface area contributed by atoms with Gasteiger partial charge < -0.3 is 4.74 Å². The maximum Gasteiger partial charge on any atom is 0.243 e. The van der Waals surface area contributed by atoms with Crippen LogP contribution in [0.5, 0.6) is 5.75 Å². The molecule has 2 heterocycles. The van der Waals surface area contributed by atoms with Gasteiger partial charge in [0.2, 0.25) is 10.0 Å². The molecule has 3 aromatic carbocycles. The predicted octanol–water partition coefficient (Wildman–Crippen LogP) is 5.64. The molecular weight excluding hydrogens is 497 g/mol. The topological polar surface area (TPSA) is 63.9 Å². The Balaban J connectivity index is 1.42. The lowest BCUT2D eigenvalue weighted by Crippen LogP contribution is -2.32. The Kier molecular flexibility index (Phi) is 6.86. The van der Waals surface area contributed by atoms with Crippen LogP contribution in [0.4, 0.5) is 4.39 Å². The highest BCUT2D eigenvalue weighted by Gasteiger charge is 2.25. The maximum absolute atomic E-state index is 13.6. The third-order valence-electron chi connectivity index (χ3n) is 5.94. The fourth-order valence-corrected chi connectivity index (χ4v) is 6.31. The summed E-state index contributed by atoms with van der Waals surface area (Å²) in [5, 5.41) is 2.00. The minimum absolute atomic E-state index is 0.218. The number of hydrogen-bond donors (Lipinski definition) is 0. The second-order valence-electron chi connectivity index (χ2n) is 8.26. The van der Waals surface area contributed by atoms with Gasteiger partial charge in [0.05, 0.1) is 17.7 Å². The van der Waals surface area contributed by atoms with E-state index < -0.39 is 10.0 Å². The van der Waals surface area contributed by atoms with Crippen LogP contribution in [0.3, 0.4) is 0 Å². The summed E-state index contributed by atoms with van der Waals surface area (Å²) < 4.78 is 49.2. The van der Waals surface area contributed by atoms with E-state index in [0.717, 1.165) is 27.5 Å². The van der Waals surface area contributed by atoms with E-state index in [1.165, 1.54) is 27.8 Å². The Bertz CT molecular complexity index is 1560. The predicted molar refractivity (Wildman–Crippen MR) is 139 cm³/mol. The number of fused-ring (bicyclic) bond motifs is 1. The number of methoxy groups -OCH3 is 1. The molecule has 5 aromatic rings. The maximum atomic E-state index is 13.6. The summed E-state index contributed by atoms with van der Waals surface area (Å²) in [7, 11) is -2.21. The van der Waals surface area contributed by atoms with E-state index >= 15 is 0 Å². The van der Waals surface area contributed by atoms with Crippen LogP contribution >= 0.6 is 11.3 Å². The van der Waals surface area contributed by atoms with Gasteiger partial charge in [-0.1, -0.05) is 30.3 Å². The monoisotopic (exact) mass is 521 g/mol. The van der Waals surface area contributed by atoms with Gasteiger partial charge in [0.1, 0.15) is 11.6 Å². The molecule has 0 aliphatic rings. The van der Waals surface area contributed by atoms with Crippen LogP contribution in [-0.4, -0.2) is 35.8 Å². The minimum Gasteiger partial charge on any atom is -0.497 e. The van der Waals surface area contributed by atoms with E-state index in [2.05, 4.69) is 4.98 Å².